The molecule has 0 aliphatic heterocycles. The van der Waals surface area contributed by atoms with E-state index in [9.17, 15) is 4.79 Å². The Kier molecular flexibility index (Phi) is 10.2. The second-order valence-corrected chi connectivity index (χ2v) is 4.66. The summed E-state index contributed by atoms with van der Waals surface area (Å²) in [6.07, 6.45) is 10.5. The Morgan fingerprint density at radius 3 is 2.31 bits per heavy atom. The number of hydrogen-bond acceptors (Lipinski definition) is 2. The van der Waals surface area contributed by atoms with Crippen molar-refractivity contribution in [1.29, 1.82) is 0 Å². The second-order valence-electron chi connectivity index (χ2n) is 4.66. The van der Waals surface area contributed by atoms with Gasteiger partial charge in [0.25, 0.3) is 6.47 Å². The van der Waals surface area contributed by atoms with E-state index in [1.807, 2.05) is 13.0 Å². The Morgan fingerprint density at radius 1 is 1.12 bits per heavy atom. The molecule has 0 amide bonds. The van der Waals surface area contributed by atoms with E-state index in [-0.39, 0.29) is 6.10 Å². The summed E-state index contributed by atoms with van der Waals surface area (Å²) in [4.78, 5) is 10.1. The van der Waals surface area contributed by atoms with E-state index in [4.69, 9.17) is 4.74 Å². The van der Waals surface area contributed by atoms with Crippen molar-refractivity contribution in [1.82, 2.24) is 0 Å². The predicted molar refractivity (Wildman–Crippen MR) is 68.3 cm³/mol. The van der Waals surface area contributed by atoms with Crippen LogP contribution >= 0.6 is 0 Å². The maximum Gasteiger partial charge on any atom is 0.293 e. The van der Waals surface area contributed by atoms with Gasteiger partial charge in [0.15, 0.2) is 0 Å². The van der Waals surface area contributed by atoms with E-state index in [1.54, 1.807) is 0 Å². The topological polar surface area (TPSA) is 26.3 Å². The number of allylic oxidation sites excluding steroid dienone is 1. The molecule has 0 aliphatic carbocycles. The highest BCUT2D eigenvalue weighted by Crippen LogP contribution is 2.15. The van der Waals surface area contributed by atoms with E-state index < -0.39 is 0 Å². The Hall–Kier alpha value is -0.790. The third-order valence-electron chi connectivity index (χ3n) is 2.91. The van der Waals surface area contributed by atoms with Crippen molar-refractivity contribution in [3.8, 4) is 0 Å². The second kappa shape index (κ2) is 10.7. The van der Waals surface area contributed by atoms with Crippen molar-refractivity contribution in [2.75, 3.05) is 0 Å². The minimum atomic E-state index is 0.0807. The monoisotopic (exact) mass is 226 g/mol. The molecule has 0 saturated heterocycles. The summed E-state index contributed by atoms with van der Waals surface area (Å²) in [5.74, 6) is 0.773. The molecule has 0 spiro atoms. The molecule has 2 atom stereocenters. The normalized spacial score (nSPS) is 14.1. The van der Waals surface area contributed by atoms with Gasteiger partial charge in [0.2, 0.25) is 0 Å². The summed E-state index contributed by atoms with van der Waals surface area (Å²) < 4.78 is 4.83. The number of ether oxygens (including phenoxy) is 1. The molecule has 0 fully saturated rings. The molecule has 2 heteroatoms. The van der Waals surface area contributed by atoms with Gasteiger partial charge in [-0.05, 0) is 32.1 Å². The quantitative estimate of drug-likeness (QED) is 0.301. The van der Waals surface area contributed by atoms with E-state index >= 15 is 0 Å². The molecular formula is C14H26O2. The maximum atomic E-state index is 10.1. The average molecular weight is 226 g/mol. The Balaban J connectivity index is 3.20. The molecule has 0 saturated carbocycles. The minimum Gasteiger partial charge on any atom is -0.465 e. The number of carbonyl (C=O) groups excluding carboxylic acids is 1. The average Bonchev–Trinajstić information content (AvgIpc) is 2.24. The lowest BCUT2D eigenvalue weighted by Crippen LogP contribution is -2.06. The molecule has 0 aromatic heterocycles. The lowest BCUT2D eigenvalue weighted by molar-refractivity contribution is -0.133. The molecule has 0 aliphatic rings. The van der Waals surface area contributed by atoms with Gasteiger partial charge in [-0.15, -0.1) is 6.58 Å². The highest BCUT2D eigenvalue weighted by atomic mass is 16.5. The Bertz CT molecular complexity index is 158. The van der Waals surface area contributed by atoms with E-state index in [0.29, 0.717) is 6.47 Å². The number of carbonyl (C=O) groups is 1. The zero-order valence-corrected chi connectivity index (χ0v) is 10.8. The molecule has 1 unspecified atom stereocenters. The predicted octanol–water partition coefficient (Wildman–Crippen LogP) is 4.10. The molecule has 0 rings (SSSR count). The van der Waals surface area contributed by atoms with Crippen molar-refractivity contribution >= 4 is 6.47 Å². The van der Waals surface area contributed by atoms with Gasteiger partial charge < -0.3 is 4.74 Å². The molecule has 0 heterocycles. The molecule has 16 heavy (non-hydrogen) atoms. The van der Waals surface area contributed by atoms with Crippen LogP contribution in [0.3, 0.4) is 0 Å². The fourth-order valence-electron chi connectivity index (χ4n) is 1.84. The molecule has 0 N–H and O–H groups in total. The van der Waals surface area contributed by atoms with E-state index in [0.717, 1.165) is 25.2 Å². The Morgan fingerprint density at radius 2 is 1.75 bits per heavy atom. The van der Waals surface area contributed by atoms with Crippen molar-refractivity contribution in [3.63, 3.8) is 0 Å². The first kappa shape index (κ1) is 15.2. The first-order valence-electron chi connectivity index (χ1n) is 6.40. The Labute approximate surface area is 100 Å². The van der Waals surface area contributed by atoms with Crippen LogP contribution in [0.15, 0.2) is 12.7 Å². The summed E-state index contributed by atoms with van der Waals surface area (Å²) in [7, 11) is 0. The third kappa shape index (κ3) is 9.75. The minimum absolute atomic E-state index is 0.0807. The largest absolute Gasteiger partial charge is 0.465 e. The van der Waals surface area contributed by atoms with Crippen LogP contribution in [0.2, 0.25) is 0 Å². The zero-order valence-electron chi connectivity index (χ0n) is 10.8. The van der Waals surface area contributed by atoms with Crippen LogP contribution in [-0.4, -0.2) is 12.6 Å². The lowest BCUT2D eigenvalue weighted by Gasteiger charge is -2.10. The maximum absolute atomic E-state index is 10.1. The van der Waals surface area contributed by atoms with Gasteiger partial charge in [0.05, 0.1) is 6.10 Å². The van der Waals surface area contributed by atoms with Crippen LogP contribution in [0, 0.1) is 5.92 Å². The highest BCUT2D eigenvalue weighted by molar-refractivity contribution is 5.37. The molecule has 0 bridgehead atoms. The number of hydrogen-bond donors (Lipinski definition) is 0. The van der Waals surface area contributed by atoms with E-state index in [1.165, 1.54) is 25.7 Å². The van der Waals surface area contributed by atoms with Crippen LogP contribution < -0.4 is 0 Å². The van der Waals surface area contributed by atoms with Crippen molar-refractivity contribution in [2.45, 2.75) is 64.9 Å². The van der Waals surface area contributed by atoms with Crippen LogP contribution in [0.1, 0.15) is 58.8 Å². The lowest BCUT2D eigenvalue weighted by atomic mass is 9.99. The summed E-state index contributed by atoms with van der Waals surface area (Å²) in [6, 6.07) is 0. The molecule has 0 radical (unpaired) electrons. The zero-order chi connectivity index (χ0) is 12.2. The van der Waals surface area contributed by atoms with Crippen molar-refractivity contribution in [2.24, 2.45) is 5.92 Å². The van der Waals surface area contributed by atoms with Gasteiger partial charge >= 0.3 is 0 Å². The molecular weight excluding hydrogens is 200 g/mol. The fraction of sp³-hybridized carbons (Fsp3) is 0.786. The summed E-state index contributed by atoms with van der Waals surface area (Å²) >= 11 is 0. The van der Waals surface area contributed by atoms with Gasteiger partial charge in [-0.25, -0.2) is 0 Å². The van der Waals surface area contributed by atoms with Gasteiger partial charge in [0, 0.05) is 0 Å². The van der Waals surface area contributed by atoms with Crippen LogP contribution in [0.4, 0.5) is 0 Å². The van der Waals surface area contributed by atoms with Gasteiger partial charge in [-0.1, -0.05) is 38.7 Å². The van der Waals surface area contributed by atoms with E-state index in [2.05, 4.69) is 13.5 Å². The number of rotatable bonds is 11. The third-order valence-corrected chi connectivity index (χ3v) is 2.91. The first-order valence-corrected chi connectivity index (χ1v) is 6.40. The van der Waals surface area contributed by atoms with Crippen molar-refractivity contribution in [3.05, 3.63) is 12.7 Å². The smallest absolute Gasteiger partial charge is 0.293 e. The molecule has 0 aromatic rings. The molecule has 94 valence electrons. The van der Waals surface area contributed by atoms with Crippen molar-refractivity contribution < 1.29 is 9.53 Å². The number of unbranched alkanes of at least 4 members (excludes halogenated alkanes) is 3. The SMILES string of the molecule is C=CCC(C)CCCCCC[C@@H](C)OC=O. The summed E-state index contributed by atoms with van der Waals surface area (Å²) in [5.41, 5.74) is 0. The van der Waals surface area contributed by atoms with Crippen LogP contribution in [0.5, 0.6) is 0 Å². The first-order chi connectivity index (χ1) is 7.70. The van der Waals surface area contributed by atoms with Gasteiger partial charge in [-0.2, -0.15) is 0 Å². The fourth-order valence-corrected chi connectivity index (χ4v) is 1.84. The summed E-state index contributed by atoms with van der Waals surface area (Å²) in [6.45, 7) is 8.52. The van der Waals surface area contributed by atoms with Crippen LogP contribution in [-0.2, 0) is 9.53 Å². The van der Waals surface area contributed by atoms with Gasteiger partial charge in [0.1, 0.15) is 0 Å². The van der Waals surface area contributed by atoms with Gasteiger partial charge in [-0.3, -0.25) is 4.79 Å². The standard InChI is InChI=1S/C14H26O2/c1-4-9-13(2)10-7-5-6-8-11-14(3)16-12-15/h4,12-14H,1,5-11H2,2-3H3/t13?,14-/m1/s1. The highest BCUT2D eigenvalue weighted by Gasteiger charge is 2.02. The molecule has 0 aromatic carbocycles. The van der Waals surface area contributed by atoms with Crippen LogP contribution in [0.25, 0.3) is 0 Å². The molecule has 2 nitrogen and oxygen atoms in total. The summed E-state index contributed by atoms with van der Waals surface area (Å²) in [5, 5.41) is 0.